The second-order valence-electron chi connectivity index (χ2n) is 5.99. The molecule has 0 fully saturated rings. The Labute approximate surface area is 121 Å². The summed E-state index contributed by atoms with van der Waals surface area (Å²) in [4.78, 5) is 0. The van der Waals surface area contributed by atoms with Crippen LogP contribution in [0.5, 0.6) is 0 Å². The van der Waals surface area contributed by atoms with Gasteiger partial charge in [-0.2, -0.15) is 0 Å². The molecule has 0 saturated carbocycles. The van der Waals surface area contributed by atoms with Crippen molar-refractivity contribution in [1.82, 2.24) is 0 Å². The van der Waals surface area contributed by atoms with Crippen LogP contribution >= 0.6 is 0 Å². The van der Waals surface area contributed by atoms with Crippen LogP contribution in [0.3, 0.4) is 0 Å². The van der Waals surface area contributed by atoms with Gasteiger partial charge in [-0.25, -0.2) is 0 Å². The monoisotopic (exact) mass is 262 g/mol. The quantitative estimate of drug-likeness (QED) is 0.406. The van der Waals surface area contributed by atoms with Crippen LogP contribution in [0.15, 0.2) is 35.5 Å². The van der Waals surface area contributed by atoms with Gasteiger partial charge in [0.15, 0.2) is 0 Å². The molecule has 0 bridgehead atoms. The Hall–Kier alpha value is -0.780. The topological polar surface area (TPSA) is 0 Å². The Kier molecular flexibility index (Phi) is 10.6. The maximum atomic E-state index is 2.39. The van der Waals surface area contributed by atoms with Gasteiger partial charge >= 0.3 is 0 Å². The van der Waals surface area contributed by atoms with Crippen molar-refractivity contribution in [3.63, 3.8) is 0 Å². The second kappa shape index (κ2) is 11.1. The third-order valence-corrected chi connectivity index (χ3v) is 3.72. The average Bonchev–Trinajstić information content (AvgIpc) is 2.36. The van der Waals surface area contributed by atoms with E-state index in [2.05, 4.69) is 65.8 Å². The van der Waals surface area contributed by atoms with Crippen LogP contribution in [0.1, 0.15) is 73.6 Å². The lowest BCUT2D eigenvalue weighted by Gasteiger charge is -2.19. The number of allylic oxidation sites excluding steroid dienone is 6. The number of hydrogen-bond donors (Lipinski definition) is 0. The van der Waals surface area contributed by atoms with Gasteiger partial charge in [0.25, 0.3) is 0 Å². The van der Waals surface area contributed by atoms with Crippen molar-refractivity contribution in [2.45, 2.75) is 73.6 Å². The molecule has 0 aliphatic rings. The van der Waals surface area contributed by atoms with E-state index in [4.69, 9.17) is 0 Å². The molecular weight excluding hydrogens is 228 g/mol. The zero-order valence-electron chi connectivity index (χ0n) is 14.0. The molecule has 0 nitrogen and oxygen atoms in total. The van der Waals surface area contributed by atoms with E-state index in [0.717, 1.165) is 5.92 Å². The first-order valence-electron chi connectivity index (χ1n) is 8.02. The van der Waals surface area contributed by atoms with Gasteiger partial charge in [-0.05, 0) is 51.0 Å². The van der Waals surface area contributed by atoms with E-state index in [1.54, 1.807) is 0 Å². The van der Waals surface area contributed by atoms with Crippen molar-refractivity contribution in [3.8, 4) is 0 Å². The first kappa shape index (κ1) is 18.2. The van der Waals surface area contributed by atoms with Gasteiger partial charge in [0, 0.05) is 0 Å². The van der Waals surface area contributed by atoms with Gasteiger partial charge in [0.05, 0.1) is 0 Å². The molecule has 0 heterocycles. The molecule has 19 heavy (non-hydrogen) atoms. The van der Waals surface area contributed by atoms with Crippen LogP contribution in [-0.2, 0) is 0 Å². The molecule has 0 rings (SSSR count). The summed E-state index contributed by atoms with van der Waals surface area (Å²) in [5, 5.41) is 0. The Bertz CT molecular complexity index is 300. The maximum absolute atomic E-state index is 2.39. The molecule has 0 spiro atoms. The van der Waals surface area contributed by atoms with Crippen molar-refractivity contribution < 1.29 is 0 Å². The van der Waals surface area contributed by atoms with Gasteiger partial charge in [-0.3, -0.25) is 0 Å². The van der Waals surface area contributed by atoms with Crippen molar-refractivity contribution in [3.05, 3.63) is 35.5 Å². The zero-order valence-corrected chi connectivity index (χ0v) is 14.0. The van der Waals surface area contributed by atoms with Crippen LogP contribution in [0.2, 0.25) is 0 Å². The lowest BCUT2D eigenvalue weighted by atomic mass is 9.87. The molecule has 2 atom stereocenters. The van der Waals surface area contributed by atoms with Crippen molar-refractivity contribution >= 4 is 0 Å². The van der Waals surface area contributed by atoms with Gasteiger partial charge < -0.3 is 0 Å². The average molecular weight is 262 g/mol. The summed E-state index contributed by atoms with van der Waals surface area (Å²) >= 11 is 0. The van der Waals surface area contributed by atoms with E-state index in [1.807, 2.05) is 0 Å². The summed E-state index contributed by atoms with van der Waals surface area (Å²) in [6, 6.07) is 0. The fraction of sp³-hybridized carbons (Fsp3) is 0.684. The number of rotatable bonds is 9. The highest BCUT2D eigenvalue weighted by molar-refractivity contribution is 5.27. The van der Waals surface area contributed by atoms with Crippen molar-refractivity contribution in [1.29, 1.82) is 0 Å². The van der Waals surface area contributed by atoms with Crippen molar-refractivity contribution in [2.75, 3.05) is 0 Å². The van der Waals surface area contributed by atoms with Gasteiger partial charge in [-0.15, -0.1) is 0 Å². The highest BCUT2D eigenvalue weighted by Crippen LogP contribution is 2.26. The van der Waals surface area contributed by atoms with E-state index >= 15 is 0 Å². The summed E-state index contributed by atoms with van der Waals surface area (Å²) in [5.74, 6) is 1.58. The predicted octanol–water partition coefficient (Wildman–Crippen LogP) is 6.70. The smallest absolute Gasteiger partial charge is 0.0165 e. The summed E-state index contributed by atoms with van der Waals surface area (Å²) in [5.41, 5.74) is 2.87. The zero-order chi connectivity index (χ0) is 14.7. The lowest BCUT2D eigenvalue weighted by Crippen LogP contribution is -2.05. The molecule has 0 N–H and O–H groups in total. The molecule has 110 valence electrons. The molecule has 0 aromatic rings. The van der Waals surface area contributed by atoms with E-state index in [0.29, 0.717) is 5.92 Å². The van der Waals surface area contributed by atoms with E-state index in [-0.39, 0.29) is 0 Å². The van der Waals surface area contributed by atoms with Crippen LogP contribution in [0.25, 0.3) is 0 Å². The molecule has 0 amide bonds. The molecule has 0 aromatic carbocycles. The summed E-state index contributed by atoms with van der Waals surface area (Å²) in [6.45, 7) is 13.4. The first-order chi connectivity index (χ1) is 9.04. The lowest BCUT2D eigenvalue weighted by molar-refractivity contribution is 0.418. The minimum Gasteiger partial charge on any atom is -0.0874 e. The molecule has 0 saturated heterocycles. The fourth-order valence-corrected chi connectivity index (χ4v) is 2.51. The second-order valence-corrected chi connectivity index (χ2v) is 5.99. The molecule has 0 aliphatic heterocycles. The fourth-order valence-electron chi connectivity index (χ4n) is 2.51. The van der Waals surface area contributed by atoms with Crippen LogP contribution in [-0.4, -0.2) is 0 Å². The summed E-state index contributed by atoms with van der Waals surface area (Å²) in [6.07, 6.45) is 15.6. The third kappa shape index (κ3) is 8.86. The largest absolute Gasteiger partial charge is 0.0874 e. The van der Waals surface area contributed by atoms with Crippen molar-refractivity contribution in [2.24, 2.45) is 11.8 Å². The van der Waals surface area contributed by atoms with E-state index in [1.165, 1.54) is 43.3 Å². The van der Waals surface area contributed by atoms with Gasteiger partial charge in [0.1, 0.15) is 0 Å². The summed E-state index contributed by atoms with van der Waals surface area (Å²) < 4.78 is 0. The summed E-state index contributed by atoms with van der Waals surface area (Å²) in [7, 11) is 0. The first-order valence-corrected chi connectivity index (χ1v) is 8.02. The molecule has 0 aliphatic carbocycles. The molecule has 2 unspecified atom stereocenters. The molecular formula is C19H34. The van der Waals surface area contributed by atoms with Crippen LogP contribution < -0.4 is 0 Å². The molecule has 0 heteroatoms. The Morgan fingerprint density at radius 1 is 1.00 bits per heavy atom. The highest BCUT2D eigenvalue weighted by Gasteiger charge is 2.11. The van der Waals surface area contributed by atoms with Crippen LogP contribution in [0.4, 0.5) is 0 Å². The minimum absolute atomic E-state index is 0.714. The normalized spacial score (nSPS) is 15.6. The van der Waals surface area contributed by atoms with Crippen LogP contribution in [0, 0.1) is 11.8 Å². The SMILES string of the molecule is C/C=C\C(=C/C=C(C)C)C(CC)CCC(C)CCC. The molecule has 0 radical (unpaired) electrons. The Balaban J connectivity index is 4.67. The van der Waals surface area contributed by atoms with Gasteiger partial charge in [-0.1, -0.05) is 69.9 Å². The Morgan fingerprint density at radius 2 is 1.68 bits per heavy atom. The van der Waals surface area contributed by atoms with E-state index < -0.39 is 0 Å². The molecule has 0 aromatic heterocycles. The van der Waals surface area contributed by atoms with E-state index in [9.17, 15) is 0 Å². The third-order valence-electron chi connectivity index (χ3n) is 3.72. The maximum Gasteiger partial charge on any atom is -0.0165 e. The van der Waals surface area contributed by atoms with Gasteiger partial charge in [0.2, 0.25) is 0 Å². The number of hydrogen-bond acceptors (Lipinski definition) is 0. The Morgan fingerprint density at radius 3 is 2.16 bits per heavy atom. The predicted molar refractivity (Wildman–Crippen MR) is 89.4 cm³/mol. The minimum atomic E-state index is 0.714. The standard InChI is InChI=1S/C19H34/c1-7-10-17(6)13-15-18(9-3)19(11-8-2)14-12-16(4)5/h8,11-12,14,17-18H,7,9-10,13,15H2,1-6H3/b11-8-,19-14+. The highest BCUT2D eigenvalue weighted by atomic mass is 14.2.